The van der Waals surface area contributed by atoms with Gasteiger partial charge in [0.05, 0.1) is 11.8 Å². The Kier molecular flexibility index (Phi) is 3.39. The van der Waals surface area contributed by atoms with Crippen LogP contribution < -0.4 is 0 Å². The molecule has 0 aliphatic rings. The summed E-state index contributed by atoms with van der Waals surface area (Å²) in [7, 11) is 0. The second kappa shape index (κ2) is 4.34. The first-order valence-electron chi connectivity index (χ1n) is 3.19. The first kappa shape index (κ1) is 9.37. The van der Waals surface area contributed by atoms with Crippen LogP contribution in [0.15, 0.2) is 23.1 Å². The van der Waals surface area contributed by atoms with Crippen LogP contribution in [0.2, 0.25) is 5.02 Å². The molecule has 0 atom stereocenters. The maximum Gasteiger partial charge on any atom is 0.136 e. The topological polar surface area (TPSA) is 23.8 Å². The molecule has 62 valence electrons. The van der Waals surface area contributed by atoms with E-state index in [0.29, 0.717) is 9.92 Å². The van der Waals surface area contributed by atoms with E-state index in [2.05, 4.69) is 0 Å². The number of benzene rings is 1. The zero-order chi connectivity index (χ0) is 8.97. The van der Waals surface area contributed by atoms with E-state index in [0.717, 1.165) is 11.8 Å². The monoisotopic (exact) mass is 201 g/mol. The van der Waals surface area contributed by atoms with Gasteiger partial charge < -0.3 is 0 Å². The van der Waals surface area contributed by atoms with Gasteiger partial charge in [0.1, 0.15) is 5.82 Å². The van der Waals surface area contributed by atoms with Crippen molar-refractivity contribution in [1.82, 2.24) is 0 Å². The molecule has 0 radical (unpaired) electrons. The summed E-state index contributed by atoms with van der Waals surface area (Å²) < 4.78 is 12.9. The van der Waals surface area contributed by atoms with Crippen molar-refractivity contribution in [3.05, 3.63) is 29.0 Å². The van der Waals surface area contributed by atoms with Crippen molar-refractivity contribution >= 4 is 23.4 Å². The molecule has 1 aromatic rings. The largest absolute Gasteiger partial charge is 0.206 e. The summed E-state index contributed by atoms with van der Waals surface area (Å²) in [5.41, 5.74) is 0. The van der Waals surface area contributed by atoms with Crippen LogP contribution >= 0.6 is 23.4 Å². The molecule has 0 amide bonds. The highest BCUT2D eigenvalue weighted by molar-refractivity contribution is 7.99. The normalized spacial score (nSPS) is 9.42. The SMILES string of the molecule is N#CCSc1cc(Cl)ccc1F. The van der Waals surface area contributed by atoms with Crippen LogP contribution in [0.3, 0.4) is 0 Å². The number of nitrogens with zero attached hydrogens (tertiary/aromatic N) is 1. The third-order valence-electron chi connectivity index (χ3n) is 1.19. The molecule has 0 fully saturated rings. The van der Waals surface area contributed by atoms with Gasteiger partial charge in [0.15, 0.2) is 0 Å². The van der Waals surface area contributed by atoms with E-state index in [1.165, 1.54) is 18.2 Å². The summed E-state index contributed by atoms with van der Waals surface area (Å²) in [5.74, 6) is -0.100. The van der Waals surface area contributed by atoms with E-state index in [9.17, 15) is 4.39 Å². The lowest BCUT2D eigenvalue weighted by Crippen LogP contribution is -1.81. The second-order valence-electron chi connectivity index (χ2n) is 2.02. The molecule has 0 bridgehead atoms. The highest BCUT2D eigenvalue weighted by Gasteiger charge is 2.02. The number of thioether (sulfide) groups is 1. The molecule has 1 nitrogen and oxygen atoms in total. The number of rotatable bonds is 2. The van der Waals surface area contributed by atoms with E-state index >= 15 is 0 Å². The third kappa shape index (κ3) is 2.40. The Balaban J connectivity index is 2.84. The quantitative estimate of drug-likeness (QED) is 0.687. The first-order chi connectivity index (χ1) is 5.74. The molecule has 0 spiro atoms. The highest BCUT2D eigenvalue weighted by atomic mass is 35.5. The molecule has 4 heteroatoms. The minimum Gasteiger partial charge on any atom is -0.206 e. The summed E-state index contributed by atoms with van der Waals surface area (Å²) >= 11 is 6.77. The van der Waals surface area contributed by atoms with Crippen molar-refractivity contribution in [3.63, 3.8) is 0 Å². The zero-order valence-electron chi connectivity index (χ0n) is 6.05. The van der Waals surface area contributed by atoms with Crippen molar-refractivity contribution in [2.24, 2.45) is 0 Å². The van der Waals surface area contributed by atoms with E-state index in [4.69, 9.17) is 16.9 Å². The van der Waals surface area contributed by atoms with Crippen molar-refractivity contribution in [1.29, 1.82) is 5.26 Å². The molecular formula is C8H5ClFNS. The van der Waals surface area contributed by atoms with Gasteiger partial charge in [-0.2, -0.15) is 5.26 Å². The van der Waals surface area contributed by atoms with Crippen LogP contribution in [0.5, 0.6) is 0 Å². The van der Waals surface area contributed by atoms with Crippen LogP contribution in [0.25, 0.3) is 0 Å². The molecule has 1 aromatic carbocycles. The van der Waals surface area contributed by atoms with Gasteiger partial charge in [-0.05, 0) is 18.2 Å². The predicted molar refractivity (Wildman–Crippen MR) is 47.7 cm³/mol. The Bertz CT molecular complexity index is 321. The number of hydrogen-bond acceptors (Lipinski definition) is 2. The van der Waals surface area contributed by atoms with Gasteiger partial charge in [0.2, 0.25) is 0 Å². The molecule has 1 rings (SSSR count). The lowest BCUT2D eigenvalue weighted by Gasteiger charge is -1.98. The lowest BCUT2D eigenvalue weighted by atomic mass is 10.3. The van der Waals surface area contributed by atoms with Crippen LogP contribution in [-0.2, 0) is 0 Å². The Hall–Kier alpha value is -0.720. The van der Waals surface area contributed by atoms with Gasteiger partial charge in [-0.3, -0.25) is 0 Å². The molecule has 0 unspecified atom stereocenters. The molecule has 0 saturated carbocycles. The number of halogens is 2. The second-order valence-corrected chi connectivity index (χ2v) is 3.48. The molecule has 0 aromatic heterocycles. The Morgan fingerprint density at radius 1 is 1.58 bits per heavy atom. The summed E-state index contributed by atoms with van der Waals surface area (Å²) in [6, 6.07) is 6.20. The smallest absolute Gasteiger partial charge is 0.136 e. The predicted octanol–water partition coefficient (Wildman–Crippen LogP) is 3.09. The van der Waals surface area contributed by atoms with Gasteiger partial charge in [-0.1, -0.05) is 11.6 Å². The fraction of sp³-hybridized carbons (Fsp3) is 0.125. The highest BCUT2D eigenvalue weighted by Crippen LogP contribution is 2.24. The van der Waals surface area contributed by atoms with E-state index in [1.807, 2.05) is 6.07 Å². The number of hydrogen-bond donors (Lipinski definition) is 0. The summed E-state index contributed by atoms with van der Waals surface area (Å²) in [6.45, 7) is 0. The van der Waals surface area contributed by atoms with Gasteiger partial charge >= 0.3 is 0 Å². The Morgan fingerprint density at radius 2 is 2.33 bits per heavy atom. The molecule has 0 N–H and O–H groups in total. The minimum absolute atomic E-state index is 0.233. The standard InChI is InChI=1S/C8H5ClFNS/c9-6-1-2-7(10)8(5-6)12-4-3-11/h1-2,5H,4H2. The lowest BCUT2D eigenvalue weighted by molar-refractivity contribution is 0.602. The Morgan fingerprint density at radius 3 is 3.00 bits per heavy atom. The third-order valence-corrected chi connectivity index (χ3v) is 2.32. The minimum atomic E-state index is -0.334. The number of nitriles is 1. The summed E-state index contributed by atoms with van der Waals surface area (Å²) in [5, 5.41) is 8.74. The van der Waals surface area contributed by atoms with Crippen molar-refractivity contribution < 1.29 is 4.39 Å². The van der Waals surface area contributed by atoms with Crippen molar-refractivity contribution in [3.8, 4) is 6.07 Å². The Labute approximate surface area is 79.1 Å². The van der Waals surface area contributed by atoms with Gasteiger partial charge in [0.25, 0.3) is 0 Å². The van der Waals surface area contributed by atoms with Crippen LogP contribution in [0, 0.1) is 17.1 Å². The van der Waals surface area contributed by atoms with Crippen molar-refractivity contribution in [2.45, 2.75) is 4.90 Å². The maximum atomic E-state index is 12.9. The average molecular weight is 202 g/mol. The zero-order valence-corrected chi connectivity index (χ0v) is 7.62. The first-order valence-corrected chi connectivity index (χ1v) is 4.55. The van der Waals surface area contributed by atoms with Gasteiger partial charge in [0, 0.05) is 9.92 Å². The molecule has 12 heavy (non-hydrogen) atoms. The van der Waals surface area contributed by atoms with Gasteiger partial charge in [-0.15, -0.1) is 11.8 Å². The van der Waals surface area contributed by atoms with Crippen LogP contribution in [-0.4, -0.2) is 5.75 Å². The molecule has 0 aliphatic carbocycles. The molecule has 0 saturated heterocycles. The summed E-state index contributed by atoms with van der Waals surface area (Å²) in [6.07, 6.45) is 0. The van der Waals surface area contributed by atoms with Crippen LogP contribution in [0.1, 0.15) is 0 Å². The fourth-order valence-electron chi connectivity index (χ4n) is 0.698. The average Bonchev–Trinajstić information content (AvgIpc) is 2.07. The van der Waals surface area contributed by atoms with E-state index < -0.39 is 0 Å². The summed E-state index contributed by atoms with van der Waals surface area (Å²) in [4.78, 5) is 0.420. The van der Waals surface area contributed by atoms with E-state index in [1.54, 1.807) is 0 Å². The van der Waals surface area contributed by atoms with Crippen LogP contribution in [0.4, 0.5) is 4.39 Å². The maximum absolute atomic E-state index is 12.9. The fourth-order valence-corrected chi connectivity index (χ4v) is 1.57. The van der Waals surface area contributed by atoms with Crippen molar-refractivity contribution in [2.75, 3.05) is 5.75 Å². The molecular weight excluding hydrogens is 197 g/mol. The van der Waals surface area contributed by atoms with E-state index in [-0.39, 0.29) is 11.6 Å². The van der Waals surface area contributed by atoms with Gasteiger partial charge in [-0.25, -0.2) is 4.39 Å². The molecule has 0 aliphatic heterocycles. The molecule has 0 heterocycles.